The summed E-state index contributed by atoms with van der Waals surface area (Å²) in [6, 6.07) is 13.0. The molecule has 5 nitrogen and oxygen atoms in total. The molecule has 0 saturated carbocycles. The van der Waals surface area contributed by atoms with E-state index in [0.717, 1.165) is 11.1 Å². The Morgan fingerprint density at radius 2 is 1.75 bits per heavy atom. The highest BCUT2D eigenvalue weighted by atomic mass is 16.5. The quantitative estimate of drug-likeness (QED) is 0.705. The Morgan fingerprint density at radius 3 is 2.43 bits per heavy atom. The normalized spacial score (nSPS) is 10.8. The molecule has 0 unspecified atom stereocenters. The zero-order valence-electron chi connectivity index (χ0n) is 17.3. The van der Waals surface area contributed by atoms with Crippen molar-refractivity contribution in [1.82, 2.24) is 5.32 Å². The summed E-state index contributed by atoms with van der Waals surface area (Å²) in [6.07, 6.45) is 0. The third-order valence-electron chi connectivity index (χ3n) is 4.27. The van der Waals surface area contributed by atoms with Gasteiger partial charge in [-0.2, -0.15) is 0 Å². The molecule has 2 rings (SSSR count). The van der Waals surface area contributed by atoms with Gasteiger partial charge < -0.3 is 15.4 Å². The summed E-state index contributed by atoms with van der Waals surface area (Å²) in [5.41, 5.74) is 3.06. The van der Waals surface area contributed by atoms with E-state index < -0.39 is 0 Å². The number of amides is 2. The second kappa shape index (κ2) is 9.93. The molecular weight excluding hydrogens is 352 g/mol. The molecule has 0 saturated heterocycles. The maximum atomic E-state index is 12.4. The number of anilines is 1. The molecular formula is C23H30N2O3. The largest absolute Gasteiger partial charge is 0.483 e. The summed E-state index contributed by atoms with van der Waals surface area (Å²) in [5.74, 6) is 0.854. The van der Waals surface area contributed by atoms with Crippen LogP contribution in [0.15, 0.2) is 42.5 Å². The lowest BCUT2D eigenvalue weighted by Gasteiger charge is -2.16. The predicted molar refractivity (Wildman–Crippen MR) is 113 cm³/mol. The Labute approximate surface area is 167 Å². The van der Waals surface area contributed by atoms with Gasteiger partial charge in [-0.15, -0.1) is 0 Å². The molecule has 0 heterocycles. The predicted octanol–water partition coefficient (Wildman–Crippen LogP) is 4.52. The highest BCUT2D eigenvalue weighted by molar-refractivity contribution is 6.04. The zero-order valence-corrected chi connectivity index (χ0v) is 17.3. The van der Waals surface area contributed by atoms with Crippen LogP contribution in [0.4, 0.5) is 5.69 Å². The highest BCUT2D eigenvalue weighted by Gasteiger charge is 2.15. The van der Waals surface area contributed by atoms with Crippen molar-refractivity contribution in [3.8, 4) is 5.75 Å². The molecule has 0 fully saturated rings. The van der Waals surface area contributed by atoms with Crippen molar-refractivity contribution >= 4 is 17.5 Å². The maximum absolute atomic E-state index is 12.4. The smallest absolute Gasteiger partial charge is 0.262 e. The number of rotatable bonds is 8. The second-order valence-corrected chi connectivity index (χ2v) is 7.68. The summed E-state index contributed by atoms with van der Waals surface area (Å²) < 4.78 is 5.78. The van der Waals surface area contributed by atoms with E-state index in [9.17, 15) is 9.59 Å². The Kier molecular flexibility index (Phi) is 7.61. The number of benzene rings is 2. The third-order valence-corrected chi connectivity index (χ3v) is 4.27. The molecule has 5 heteroatoms. The zero-order chi connectivity index (χ0) is 20.7. The van der Waals surface area contributed by atoms with E-state index >= 15 is 0 Å². The van der Waals surface area contributed by atoms with Gasteiger partial charge in [0.15, 0.2) is 6.61 Å². The number of carbonyl (C=O) groups excluding carboxylic acids is 2. The average molecular weight is 383 g/mol. The van der Waals surface area contributed by atoms with Crippen molar-refractivity contribution in [1.29, 1.82) is 0 Å². The van der Waals surface area contributed by atoms with Gasteiger partial charge in [0.1, 0.15) is 5.75 Å². The second-order valence-electron chi connectivity index (χ2n) is 7.68. The fraction of sp³-hybridized carbons (Fsp3) is 0.391. The van der Waals surface area contributed by atoms with Crippen molar-refractivity contribution in [2.45, 2.75) is 40.5 Å². The van der Waals surface area contributed by atoms with E-state index in [1.165, 1.54) is 0 Å². The molecule has 0 aliphatic heterocycles. The first-order valence-electron chi connectivity index (χ1n) is 9.68. The third kappa shape index (κ3) is 6.12. The van der Waals surface area contributed by atoms with Crippen LogP contribution < -0.4 is 15.4 Å². The van der Waals surface area contributed by atoms with Gasteiger partial charge >= 0.3 is 0 Å². The van der Waals surface area contributed by atoms with Crippen LogP contribution in [0.25, 0.3) is 0 Å². The first-order chi connectivity index (χ1) is 13.3. The van der Waals surface area contributed by atoms with E-state index in [4.69, 9.17) is 4.74 Å². The van der Waals surface area contributed by atoms with Crippen LogP contribution in [0.5, 0.6) is 5.75 Å². The molecule has 0 aliphatic rings. The molecule has 2 aromatic carbocycles. The maximum Gasteiger partial charge on any atom is 0.262 e. The Balaban J connectivity index is 2.05. The van der Waals surface area contributed by atoms with Crippen molar-refractivity contribution in [2.24, 2.45) is 5.92 Å². The fourth-order valence-electron chi connectivity index (χ4n) is 2.76. The summed E-state index contributed by atoms with van der Waals surface area (Å²) in [7, 11) is 0. The highest BCUT2D eigenvalue weighted by Crippen LogP contribution is 2.27. The van der Waals surface area contributed by atoms with E-state index in [-0.39, 0.29) is 18.4 Å². The lowest BCUT2D eigenvalue weighted by molar-refractivity contribution is -0.118. The van der Waals surface area contributed by atoms with Gasteiger partial charge in [-0.05, 0) is 48.1 Å². The molecule has 0 aliphatic carbocycles. The van der Waals surface area contributed by atoms with Crippen LogP contribution in [0, 0.1) is 12.8 Å². The lowest BCUT2D eigenvalue weighted by Crippen LogP contribution is -2.29. The number of nitrogens with one attached hydrogen (secondary N) is 2. The molecule has 28 heavy (non-hydrogen) atoms. The van der Waals surface area contributed by atoms with Crippen molar-refractivity contribution in [3.05, 3.63) is 59.2 Å². The van der Waals surface area contributed by atoms with Crippen molar-refractivity contribution in [3.63, 3.8) is 0 Å². The lowest BCUT2D eigenvalue weighted by atomic mass is 10.0. The SMILES string of the molecule is Cc1ccc(C(C)C)c(OCC(=O)Nc2ccccc2C(=O)NCC(C)C)c1. The molecule has 0 aromatic heterocycles. The molecule has 0 spiro atoms. The number of para-hydroxylation sites is 1. The van der Waals surface area contributed by atoms with E-state index in [2.05, 4.69) is 24.5 Å². The van der Waals surface area contributed by atoms with Crippen LogP contribution in [-0.2, 0) is 4.79 Å². The standard InChI is InChI=1S/C23H30N2O3/c1-15(2)13-24-23(27)19-8-6-7-9-20(19)25-22(26)14-28-21-12-17(5)10-11-18(21)16(3)4/h6-12,15-16H,13-14H2,1-5H3,(H,24,27)(H,25,26). The van der Waals surface area contributed by atoms with E-state index in [0.29, 0.717) is 35.4 Å². The van der Waals surface area contributed by atoms with Gasteiger partial charge in [-0.1, -0.05) is 52.0 Å². The van der Waals surface area contributed by atoms with Crippen molar-refractivity contribution in [2.75, 3.05) is 18.5 Å². The van der Waals surface area contributed by atoms with Gasteiger partial charge in [0.25, 0.3) is 11.8 Å². The van der Waals surface area contributed by atoms with Gasteiger partial charge in [0.2, 0.25) is 0 Å². The number of hydrogen-bond donors (Lipinski definition) is 2. The van der Waals surface area contributed by atoms with Crippen LogP contribution in [-0.4, -0.2) is 25.0 Å². The van der Waals surface area contributed by atoms with E-state index in [1.807, 2.05) is 39.0 Å². The number of carbonyl (C=O) groups is 2. The molecule has 2 amide bonds. The molecule has 0 atom stereocenters. The van der Waals surface area contributed by atoms with Crippen LogP contribution >= 0.6 is 0 Å². The summed E-state index contributed by atoms with van der Waals surface area (Å²) in [5, 5.41) is 5.66. The Hall–Kier alpha value is -2.82. The first-order valence-corrected chi connectivity index (χ1v) is 9.68. The molecule has 2 N–H and O–H groups in total. The minimum atomic E-state index is -0.305. The molecule has 0 bridgehead atoms. The Bertz CT molecular complexity index is 828. The van der Waals surface area contributed by atoms with Crippen LogP contribution in [0.3, 0.4) is 0 Å². The summed E-state index contributed by atoms with van der Waals surface area (Å²) in [4.78, 5) is 24.8. The topological polar surface area (TPSA) is 67.4 Å². The minimum Gasteiger partial charge on any atom is -0.483 e. The Morgan fingerprint density at radius 1 is 1.04 bits per heavy atom. The van der Waals surface area contributed by atoms with Crippen molar-refractivity contribution < 1.29 is 14.3 Å². The van der Waals surface area contributed by atoms with Gasteiger partial charge in [0.05, 0.1) is 11.3 Å². The van der Waals surface area contributed by atoms with E-state index in [1.54, 1.807) is 24.3 Å². The fourth-order valence-corrected chi connectivity index (χ4v) is 2.76. The van der Waals surface area contributed by atoms with Crippen LogP contribution in [0.1, 0.15) is 55.1 Å². The molecule has 0 radical (unpaired) electrons. The van der Waals surface area contributed by atoms with Gasteiger partial charge in [0, 0.05) is 6.54 Å². The average Bonchev–Trinajstić information content (AvgIpc) is 2.64. The van der Waals surface area contributed by atoms with Gasteiger partial charge in [-0.3, -0.25) is 9.59 Å². The van der Waals surface area contributed by atoms with Gasteiger partial charge in [-0.25, -0.2) is 0 Å². The van der Waals surface area contributed by atoms with Crippen LogP contribution in [0.2, 0.25) is 0 Å². The summed E-state index contributed by atoms with van der Waals surface area (Å²) >= 11 is 0. The molecule has 150 valence electrons. The summed E-state index contributed by atoms with van der Waals surface area (Å²) in [6.45, 7) is 10.7. The number of aryl methyl sites for hydroxylation is 1. The monoisotopic (exact) mass is 382 g/mol. The minimum absolute atomic E-state index is 0.120. The molecule has 2 aromatic rings. The number of hydrogen-bond acceptors (Lipinski definition) is 3. The number of ether oxygens (including phenoxy) is 1. The first kappa shape index (κ1) is 21.5.